The summed E-state index contributed by atoms with van der Waals surface area (Å²) in [6.07, 6.45) is 2.27. The molecule has 0 spiro atoms. The first-order valence-electron chi connectivity index (χ1n) is 4.57. The molecule has 1 aromatic heterocycles. The van der Waals surface area contributed by atoms with Crippen molar-refractivity contribution in [1.29, 1.82) is 0 Å². The number of nitrogens with zero attached hydrogens (tertiary/aromatic N) is 3. The number of unbranched alkanes of at least 4 members (excludes halogenated alkanes) is 1. The third-order valence-electron chi connectivity index (χ3n) is 1.61. The van der Waals surface area contributed by atoms with Gasteiger partial charge in [-0.3, -0.25) is 0 Å². The molecule has 0 radical (unpaired) electrons. The third-order valence-corrected chi connectivity index (χ3v) is 1.90. The Hall–Kier alpha value is -1.24. The summed E-state index contributed by atoms with van der Waals surface area (Å²) in [5.41, 5.74) is 0. The lowest BCUT2D eigenvalue weighted by atomic mass is 10.3. The molecule has 0 atom stereocenters. The molecule has 0 aromatic carbocycles. The van der Waals surface area contributed by atoms with Crippen molar-refractivity contribution in [3.05, 3.63) is 5.82 Å². The van der Waals surface area contributed by atoms with Gasteiger partial charge in [0.05, 0.1) is 6.54 Å². The minimum absolute atomic E-state index is 0.495. The standard InChI is InChI=1S/C7H14N6S/c1-2-3-4-8-7(14)9-5-6-10-12-13-11-6/h2-5H2,1H3,(H2,8,9,14)(H,10,11,12,13). The Morgan fingerprint density at radius 3 is 3.00 bits per heavy atom. The monoisotopic (exact) mass is 214 g/mol. The third kappa shape index (κ3) is 4.13. The van der Waals surface area contributed by atoms with Crippen LogP contribution < -0.4 is 10.6 Å². The van der Waals surface area contributed by atoms with Gasteiger partial charge in [-0.15, -0.1) is 10.2 Å². The Bertz CT molecular complexity index is 259. The average Bonchev–Trinajstić information content (AvgIpc) is 2.68. The van der Waals surface area contributed by atoms with Gasteiger partial charge in [0.15, 0.2) is 10.9 Å². The number of aromatic nitrogens is 4. The number of H-pyrrole nitrogens is 1. The maximum absolute atomic E-state index is 5.03. The summed E-state index contributed by atoms with van der Waals surface area (Å²) in [5.74, 6) is 0.602. The van der Waals surface area contributed by atoms with Crippen LogP contribution in [0.5, 0.6) is 0 Å². The number of rotatable bonds is 5. The molecule has 6 nitrogen and oxygen atoms in total. The summed E-state index contributed by atoms with van der Waals surface area (Å²) in [7, 11) is 0. The molecule has 3 N–H and O–H groups in total. The smallest absolute Gasteiger partial charge is 0.193 e. The first-order chi connectivity index (χ1) is 6.83. The van der Waals surface area contributed by atoms with E-state index in [0.717, 1.165) is 19.4 Å². The summed E-state index contributed by atoms with van der Waals surface area (Å²) < 4.78 is 0. The molecule has 7 heteroatoms. The predicted molar refractivity (Wildman–Crippen MR) is 56.5 cm³/mol. The first kappa shape index (κ1) is 10.8. The van der Waals surface area contributed by atoms with Crippen LogP contribution in [0.2, 0.25) is 0 Å². The number of tetrazole rings is 1. The first-order valence-corrected chi connectivity index (χ1v) is 4.97. The second-order valence-electron chi connectivity index (χ2n) is 2.79. The highest BCUT2D eigenvalue weighted by atomic mass is 32.1. The Morgan fingerprint density at radius 1 is 1.50 bits per heavy atom. The normalized spacial score (nSPS) is 9.79. The van der Waals surface area contributed by atoms with E-state index in [2.05, 4.69) is 38.2 Å². The van der Waals surface area contributed by atoms with Crippen molar-refractivity contribution in [2.75, 3.05) is 6.54 Å². The molecule has 14 heavy (non-hydrogen) atoms. The summed E-state index contributed by atoms with van der Waals surface area (Å²) in [4.78, 5) is 0. The van der Waals surface area contributed by atoms with E-state index < -0.39 is 0 Å². The summed E-state index contributed by atoms with van der Waals surface area (Å²) in [6, 6.07) is 0. The SMILES string of the molecule is CCCCNC(=S)NCc1nn[nH]n1. The molecule has 78 valence electrons. The molecule has 0 saturated carbocycles. The average molecular weight is 214 g/mol. The van der Waals surface area contributed by atoms with E-state index in [1.165, 1.54) is 0 Å². The number of aromatic amines is 1. The molecule has 1 rings (SSSR count). The highest BCUT2D eigenvalue weighted by molar-refractivity contribution is 7.80. The van der Waals surface area contributed by atoms with Gasteiger partial charge >= 0.3 is 0 Å². The summed E-state index contributed by atoms with van der Waals surface area (Å²) in [6.45, 7) is 3.53. The van der Waals surface area contributed by atoms with Gasteiger partial charge in [0.2, 0.25) is 0 Å². The van der Waals surface area contributed by atoms with Crippen molar-refractivity contribution in [2.24, 2.45) is 0 Å². The molecule has 0 unspecified atom stereocenters. The Morgan fingerprint density at radius 2 is 2.36 bits per heavy atom. The van der Waals surface area contributed by atoms with Crippen LogP contribution in [0.1, 0.15) is 25.6 Å². The summed E-state index contributed by atoms with van der Waals surface area (Å²) in [5, 5.41) is 20.1. The Balaban J connectivity index is 2.09. The fraction of sp³-hybridized carbons (Fsp3) is 0.714. The molecule has 0 bridgehead atoms. The van der Waals surface area contributed by atoms with E-state index in [0.29, 0.717) is 17.5 Å². The molecule has 0 saturated heterocycles. The zero-order valence-electron chi connectivity index (χ0n) is 8.08. The molecule has 0 aliphatic heterocycles. The fourth-order valence-corrected chi connectivity index (χ4v) is 1.03. The minimum atomic E-state index is 0.495. The lowest BCUT2D eigenvalue weighted by molar-refractivity contribution is 0.731. The van der Waals surface area contributed by atoms with Crippen molar-refractivity contribution in [3.63, 3.8) is 0 Å². The molecule has 0 fully saturated rings. The van der Waals surface area contributed by atoms with Crippen molar-refractivity contribution < 1.29 is 0 Å². The number of hydrogen-bond donors (Lipinski definition) is 3. The van der Waals surface area contributed by atoms with E-state index >= 15 is 0 Å². The largest absolute Gasteiger partial charge is 0.363 e. The molecule has 0 aliphatic rings. The van der Waals surface area contributed by atoms with Crippen LogP contribution in [0.15, 0.2) is 0 Å². The summed E-state index contributed by atoms with van der Waals surface area (Å²) >= 11 is 5.03. The Kier molecular flexibility index (Phi) is 4.84. The van der Waals surface area contributed by atoms with E-state index in [4.69, 9.17) is 12.2 Å². The van der Waals surface area contributed by atoms with Crippen molar-refractivity contribution in [1.82, 2.24) is 31.3 Å². The van der Waals surface area contributed by atoms with Crippen LogP contribution in [0.4, 0.5) is 0 Å². The van der Waals surface area contributed by atoms with Crippen LogP contribution >= 0.6 is 12.2 Å². The molecule has 1 aromatic rings. The second kappa shape index (κ2) is 6.25. The molecular formula is C7H14N6S. The molecule has 1 heterocycles. The van der Waals surface area contributed by atoms with Gasteiger partial charge in [-0.2, -0.15) is 5.21 Å². The number of nitrogens with one attached hydrogen (secondary N) is 3. The van der Waals surface area contributed by atoms with Gasteiger partial charge in [0, 0.05) is 6.54 Å². The van der Waals surface area contributed by atoms with E-state index in [1.807, 2.05) is 0 Å². The van der Waals surface area contributed by atoms with Crippen molar-refractivity contribution >= 4 is 17.3 Å². The van der Waals surface area contributed by atoms with Gasteiger partial charge in [-0.05, 0) is 18.6 Å². The van der Waals surface area contributed by atoms with Crippen LogP contribution in [-0.2, 0) is 6.54 Å². The minimum Gasteiger partial charge on any atom is -0.363 e. The van der Waals surface area contributed by atoms with Gasteiger partial charge in [-0.25, -0.2) is 0 Å². The topological polar surface area (TPSA) is 78.5 Å². The highest BCUT2D eigenvalue weighted by Crippen LogP contribution is 1.84. The second-order valence-corrected chi connectivity index (χ2v) is 3.20. The van der Waals surface area contributed by atoms with Crippen LogP contribution in [0.3, 0.4) is 0 Å². The Labute approximate surface area is 87.9 Å². The maximum Gasteiger partial charge on any atom is 0.193 e. The zero-order valence-corrected chi connectivity index (χ0v) is 8.89. The predicted octanol–water partition coefficient (Wildman–Crippen LogP) is -0.0361. The number of thiocarbonyl (C=S) groups is 1. The van der Waals surface area contributed by atoms with Crippen LogP contribution in [-0.4, -0.2) is 32.3 Å². The van der Waals surface area contributed by atoms with Gasteiger partial charge in [0.1, 0.15) is 0 Å². The molecule has 0 aliphatic carbocycles. The molecule has 0 amide bonds. The lowest BCUT2D eigenvalue weighted by Gasteiger charge is -2.07. The van der Waals surface area contributed by atoms with Crippen molar-refractivity contribution in [3.8, 4) is 0 Å². The molecular weight excluding hydrogens is 200 g/mol. The van der Waals surface area contributed by atoms with Gasteiger partial charge in [0.25, 0.3) is 0 Å². The van der Waals surface area contributed by atoms with Crippen molar-refractivity contribution in [2.45, 2.75) is 26.3 Å². The van der Waals surface area contributed by atoms with Crippen LogP contribution in [0.25, 0.3) is 0 Å². The van der Waals surface area contributed by atoms with Gasteiger partial charge < -0.3 is 10.6 Å². The van der Waals surface area contributed by atoms with Gasteiger partial charge in [-0.1, -0.05) is 18.6 Å². The van der Waals surface area contributed by atoms with Crippen LogP contribution in [0, 0.1) is 0 Å². The maximum atomic E-state index is 5.03. The highest BCUT2D eigenvalue weighted by Gasteiger charge is 1.98. The number of hydrogen-bond acceptors (Lipinski definition) is 4. The van der Waals surface area contributed by atoms with E-state index in [9.17, 15) is 0 Å². The van der Waals surface area contributed by atoms with E-state index in [-0.39, 0.29) is 0 Å². The zero-order chi connectivity index (χ0) is 10.2. The van der Waals surface area contributed by atoms with E-state index in [1.54, 1.807) is 0 Å². The fourth-order valence-electron chi connectivity index (χ4n) is 0.858. The lowest BCUT2D eigenvalue weighted by Crippen LogP contribution is -2.35. The quantitative estimate of drug-likeness (QED) is 0.472.